The maximum absolute atomic E-state index is 12.6. The van der Waals surface area contributed by atoms with Gasteiger partial charge < -0.3 is 5.11 Å². The van der Waals surface area contributed by atoms with E-state index in [0.717, 1.165) is 8.78 Å². The quantitative estimate of drug-likeness (QED) is 0.864. The fourth-order valence-electron chi connectivity index (χ4n) is 1.54. The molecule has 1 heterocycles. The highest BCUT2D eigenvalue weighted by Crippen LogP contribution is 2.22. The van der Waals surface area contributed by atoms with Gasteiger partial charge in [0.1, 0.15) is 11.9 Å². The van der Waals surface area contributed by atoms with Gasteiger partial charge in [0.15, 0.2) is 0 Å². The molecule has 0 spiro atoms. The fourth-order valence-corrected chi connectivity index (χ4v) is 3.19. The molecule has 0 amide bonds. The normalized spacial score (nSPS) is 17.7. The van der Waals surface area contributed by atoms with Gasteiger partial charge in [0.05, 0.1) is 0 Å². The maximum atomic E-state index is 12.6. The van der Waals surface area contributed by atoms with Gasteiger partial charge in [-0.05, 0) is 18.2 Å². The molecule has 0 atom stereocenters. The van der Waals surface area contributed by atoms with Crippen LogP contribution in [0, 0.1) is 0 Å². The first kappa shape index (κ1) is 13.7. The minimum Gasteiger partial charge on any atom is -0.508 e. The molecule has 1 aliphatic rings. The van der Waals surface area contributed by atoms with Crippen molar-refractivity contribution < 1.29 is 17.9 Å². The lowest BCUT2D eigenvalue weighted by Gasteiger charge is -2.32. The van der Waals surface area contributed by atoms with Gasteiger partial charge in [0, 0.05) is 29.7 Å². The van der Waals surface area contributed by atoms with Crippen molar-refractivity contribution in [3.05, 3.63) is 28.2 Å². The fraction of sp³-hybridized carbons (Fsp3) is 0.400. The number of phenolic OH excluding ortho intramolecular Hbond substituents is 1. The number of hydrogen-bond acceptors (Lipinski definition) is 3. The van der Waals surface area contributed by atoms with Crippen molar-refractivity contribution in [1.29, 1.82) is 0 Å². The van der Waals surface area contributed by atoms with Crippen molar-refractivity contribution in [2.24, 2.45) is 0 Å². The van der Waals surface area contributed by atoms with Gasteiger partial charge in [0.2, 0.25) is 0 Å². The van der Waals surface area contributed by atoms with Crippen LogP contribution in [0.1, 0.15) is 5.56 Å². The topological polar surface area (TPSA) is 69.6 Å². The summed E-state index contributed by atoms with van der Waals surface area (Å²) < 4.78 is 40.0. The first-order valence-electron chi connectivity index (χ1n) is 5.24. The Bertz CT molecular complexity index is 546. The second-order valence-corrected chi connectivity index (χ2v) is 6.68. The minimum atomic E-state index is -3.67. The molecular weight excluding hydrogens is 327 g/mol. The number of benzene rings is 1. The van der Waals surface area contributed by atoms with Crippen molar-refractivity contribution in [2.45, 2.75) is 12.7 Å². The van der Waals surface area contributed by atoms with Gasteiger partial charge in [-0.3, -0.25) is 0 Å². The molecule has 0 aliphatic carbocycles. The molecule has 2 N–H and O–H groups in total. The first-order chi connectivity index (χ1) is 8.38. The number of nitrogens with one attached hydrogen (secondary N) is 1. The van der Waals surface area contributed by atoms with E-state index in [1.165, 1.54) is 6.07 Å². The Balaban J connectivity index is 2.01. The highest BCUT2D eigenvalue weighted by atomic mass is 79.9. The van der Waals surface area contributed by atoms with Crippen LogP contribution in [0.4, 0.5) is 4.39 Å². The zero-order valence-corrected chi connectivity index (χ0v) is 11.7. The predicted octanol–water partition coefficient (Wildman–Crippen LogP) is 1.14. The Morgan fingerprint density at radius 2 is 2.17 bits per heavy atom. The van der Waals surface area contributed by atoms with E-state index < -0.39 is 16.4 Å². The highest BCUT2D eigenvalue weighted by molar-refractivity contribution is 9.10. The molecule has 1 fully saturated rings. The van der Waals surface area contributed by atoms with Crippen LogP contribution in [0.2, 0.25) is 0 Å². The first-order valence-corrected chi connectivity index (χ1v) is 7.48. The van der Waals surface area contributed by atoms with Crippen molar-refractivity contribution in [1.82, 2.24) is 9.03 Å². The molecular formula is C10H12BrFN2O3S. The van der Waals surface area contributed by atoms with Gasteiger partial charge in [-0.25, -0.2) is 4.39 Å². The van der Waals surface area contributed by atoms with Crippen LogP contribution in [0.5, 0.6) is 5.75 Å². The lowest BCUT2D eigenvalue weighted by Crippen LogP contribution is -2.55. The highest BCUT2D eigenvalue weighted by Gasteiger charge is 2.35. The van der Waals surface area contributed by atoms with Crippen LogP contribution in [0.3, 0.4) is 0 Å². The van der Waals surface area contributed by atoms with Gasteiger partial charge in [-0.15, -0.1) is 0 Å². The molecule has 100 valence electrons. The molecule has 1 aromatic rings. The van der Waals surface area contributed by atoms with Crippen molar-refractivity contribution >= 4 is 26.1 Å². The molecule has 2 rings (SSSR count). The van der Waals surface area contributed by atoms with E-state index in [-0.39, 0.29) is 25.4 Å². The van der Waals surface area contributed by atoms with Crippen molar-refractivity contribution in [3.8, 4) is 5.75 Å². The SMILES string of the molecule is O=S(=O)(NCc1cc(Br)ccc1O)N1CC(F)C1. The number of nitrogens with zero attached hydrogens (tertiary/aromatic N) is 1. The molecule has 0 aromatic heterocycles. The molecule has 8 heteroatoms. The predicted molar refractivity (Wildman–Crippen MR) is 68.0 cm³/mol. The van der Waals surface area contributed by atoms with E-state index in [9.17, 15) is 17.9 Å². The summed E-state index contributed by atoms with van der Waals surface area (Å²) in [4.78, 5) is 0. The zero-order valence-electron chi connectivity index (χ0n) is 9.31. The van der Waals surface area contributed by atoms with E-state index in [4.69, 9.17) is 0 Å². The molecule has 0 saturated carbocycles. The molecule has 1 aromatic carbocycles. The summed E-state index contributed by atoms with van der Waals surface area (Å²) in [5.74, 6) is 0.00729. The molecule has 1 saturated heterocycles. The standard InChI is InChI=1S/C10H12BrFN2O3S/c11-8-1-2-10(15)7(3-8)4-13-18(16,17)14-5-9(12)6-14/h1-3,9,13,15H,4-6H2. The zero-order chi connectivity index (χ0) is 13.3. The molecule has 5 nitrogen and oxygen atoms in total. The van der Waals surface area contributed by atoms with Gasteiger partial charge >= 0.3 is 0 Å². The van der Waals surface area contributed by atoms with Gasteiger partial charge in [-0.2, -0.15) is 17.4 Å². The second kappa shape index (κ2) is 5.12. The average molecular weight is 339 g/mol. The van der Waals surface area contributed by atoms with Gasteiger partial charge in [0.25, 0.3) is 10.2 Å². The number of phenols is 1. The Morgan fingerprint density at radius 3 is 2.78 bits per heavy atom. The molecule has 0 radical (unpaired) electrons. The summed E-state index contributed by atoms with van der Waals surface area (Å²) in [7, 11) is -3.67. The lowest BCUT2D eigenvalue weighted by atomic mass is 10.2. The number of halogens is 2. The Labute approximate surface area is 113 Å². The lowest BCUT2D eigenvalue weighted by molar-refractivity contribution is 0.140. The summed E-state index contributed by atoms with van der Waals surface area (Å²) in [6.07, 6.45) is -1.08. The van der Waals surface area contributed by atoms with E-state index in [1.54, 1.807) is 12.1 Å². The average Bonchev–Trinajstić information content (AvgIpc) is 2.26. The summed E-state index contributed by atoms with van der Waals surface area (Å²) in [6, 6.07) is 4.73. The van der Waals surface area contributed by atoms with Crippen LogP contribution < -0.4 is 4.72 Å². The van der Waals surface area contributed by atoms with Crippen LogP contribution >= 0.6 is 15.9 Å². The molecule has 0 unspecified atom stereocenters. The largest absolute Gasteiger partial charge is 0.508 e. The molecule has 18 heavy (non-hydrogen) atoms. The van der Waals surface area contributed by atoms with Crippen LogP contribution in [0.25, 0.3) is 0 Å². The number of alkyl halides is 1. The summed E-state index contributed by atoms with van der Waals surface area (Å²) >= 11 is 3.23. The number of aromatic hydroxyl groups is 1. The van der Waals surface area contributed by atoms with Crippen LogP contribution in [-0.4, -0.2) is 37.1 Å². The van der Waals surface area contributed by atoms with Gasteiger partial charge in [-0.1, -0.05) is 15.9 Å². The monoisotopic (exact) mass is 338 g/mol. The third kappa shape index (κ3) is 3.00. The third-order valence-electron chi connectivity index (χ3n) is 2.63. The van der Waals surface area contributed by atoms with E-state index in [1.807, 2.05) is 0 Å². The number of hydrogen-bond donors (Lipinski definition) is 2. The Hall–Kier alpha value is -0.700. The smallest absolute Gasteiger partial charge is 0.279 e. The number of rotatable bonds is 4. The molecule has 0 bridgehead atoms. The minimum absolute atomic E-state index is 0.00729. The van der Waals surface area contributed by atoms with E-state index in [2.05, 4.69) is 20.7 Å². The van der Waals surface area contributed by atoms with E-state index in [0.29, 0.717) is 5.56 Å². The maximum Gasteiger partial charge on any atom is 0.279 e. The van der Waals surface area contributed by atoms with Crippen LogP contribution in [0.15, 0.2) is 22.7 Å². The Morgan fingerprint density at radius 1 is 1.50 bits per heavy atom. The second-order valence-electron chi connectivity index (χ2n) is 4.01. The van der Waals surface area contributed by atoms with Crippen LogP contribution in [-0.2, 0) is 16.8 Å². The van der Waals surface area contributed by atoms with Crippen molar-refractivity contribution in [2.75, 3.05) is 13.1 Å². The summed E-state index contributed by atoms with van der Waals surface area (Å²) in [5, 5.41) is 9.55. The molecule has 1 aliphatic heterocycles. The summed E-state index contributed by atoms with van der Waals surface area (Å²) in [5.41, 5.74) is 0.449. The van der Waals surface area contributed by atoms with E-state index >= 15 is 0 Å². The van der Waals surface area contributed by atoms with Crippen molar-refractivity contribution in [3.63, 3.8) is 0 Å². The Kier molecular flexibility index (Phi) is 3.90. The third-order valence-corrected chi connectivity index (χ3v) is 4.61. The summed E-state index contributed by atoms with van der Waals surface area (Å²) in [6.45, 7) is -0.263.